The van der Waals surface area contributed by atoms with Crippen molar-refractivity contribution < 1.29 is 52.1 Å². The van der Waals surface area contributed by atoms with Crippen LogP contribution in [-0.4, -0.2) is 24.2 Å². The molecule has 0 spiro atoms. The van der Waals surface area contributed by atoms with Gasteiger partial charge in [-0.15, -0.1) is 0 Å². The number of hydrogen-bond acceptors (Lipinski definition) is 3. The minimum Gasteiger partial charge on any atom is -0.481 e. The van der Waals surface area contributed by atoms with E-state index in [1.165, 1.54) is 7.11 Å². The first-order valence-electron chi connectivity index (χ1n) is 3.50. The standard InChI is InChI=1S/C8H12O4.Y/c1-6(5-7(9)10)3-4-8(11)12-2;/h3H,4-5H2,1-2H3,(H,9,10);/b6-3+;. The summed E-state index contributed by atoms with van der Waals surface area (Å²) in [5, 5.41) is 8.35. The van der Waals surface area contributed by atoms with Crippen molar-refractivity contribution in [2.45, 2.75) is 19.8 Å². The maximum atomic E-state index is 10.6. The zero-order valence-corrected chi connectivity index (χ0v) is 10.6. The summed E-state index contributed by atoms with van der Waals surface area (Å²) in [5.74, 6) is -1.26. The molecule has 71 valence electrons. The quantitative estimate of drug-likeness (QED) is 0.605. The molecule has 1 radical (unpaired) electrons. The average molecular weight is 261 g/mol. The molecule has 0 saturated heterocycles. The molecule has 0 unspecified atom stereocenters. The van der Waals surface area contributed by atoms with Gasteiger partial charge in [-0.1, -0.05) is 11.6 Å². The van der Waals surface area contributed by atoms with Gasteiger partial charge >= 0.3 is 11.9 Å². The van der Waals surface area contributed by atoms with Crippen LogP contribution in [0.3, 0.4) is 0 Å². The van der Waals surface area contributed by atoms with Crippen molar-refractivity contribution >= 4 is 11.9 Å². The van der Waals surface area contributed by atoms with E-state index in [1.807, 2.05) is 0 Å². The van der Waals surface area contributed by atoms with E-state index < -0.39 is 5.97 Å². The van der Waals surface area contributed by atoms with E-state index >= 15 is 0 Å². The summed E-state index contributed by atoms with van der Waals surface area (Å²) in [6.45, 7) is 1.66. The molecule has 4 nitrogen and oxygen atoms in total. The second-order valence-corrected chi connectivity index (χ2v) is 2.40. The summed E-state index contributed by atoms with van der Waals surface area (Å²) in [6.07, 6.45) is 1.66. The topological polar surface area (TPSA) is 63.6 Å². The minimum absolute atomic E-state index is 0. The number of ether oxygens (including phenoxy) is 1. The van der Waals surface area contributed by atoms with E-state index in [9.17, 15) is 9.59 Å². The van der Waals surface area contributed by atoms with E-state index in [1.54, 1.807) is 13.0 Å². The Balaban J connectivity index is 0. The number of carbonyl (C=O) groups is 2. The molecule has 0 bridgehead atoms. The molecule has 0 aliphatic carbocycles. The largest absolute Gasteiger partial charge is 0.481 e. The van der Waals surface area contributed by atoms with E-state index in [4.69, 9.17) is 5.11 Å². The fourth-order valence-corrected chi connectivity index (χ4v) is 0.652. The van der Waals surface area contributed by atoms with Crippen molar-refractivity contribution in [2.75, 3.05) is 7.11 Å². The van der Waals surface area contributed by atoms with E-state index in [0.29, 0.717) is 5.57 Å². The first-order valence-corrected chi connectivity index (χ1v) is 3.50. The summed E-state index contributed by atoms with van der Waals surface area (Å²) in [7, 11) is 1.29. The molecule has 0 rings (SSSR count). The van der Waals surface area contributed by atoms with Gasteiger partial charge in [0.15, 0.2) is 0 Å². The third-order valence-electron chi connectivity index (χ3n) is 1.27. The van der Waals surface area contributed by atoms with Gasteiger partial charge in [-0.05, 0) is 6.92 Å². The number of carboxylic acids is 1. The zero-order chi connectivity index (χ0) is 9.56. The minimum atomic E-state index is -0.895. The second-order valence-electron chi connectivity index (χ2n) is 2.40. The molecule has 0 fully saturated rings. The Labute approximate surface area is 102 Å². The average Bonchev–Trinajstić information content (AvgIpc) is 1.99. The van der Waals surface area contributed by atoms with Crippen LogP contribution < -0.4 is 0 Å². The normalized spacial score (nSPS) is 10.2. The Morgan fingerprint density at radius 3 is 2.38 bits per heavy atom. The number of rotatable bonds is 4. The molecule has 0 atom stereocenters. The molecule has 0 aromatic heterocycles. The molecule has 0 saturated carbocycles. The van der Waals surface area contributed by atoms with Crippen LogP contribution >= 0.6 is 0 Å². The van der Waals surface area contributed by atoms with E-state index in [2.05, 4.69) is 4.74 Å². The summed E-state index contributed by atoms with van der Waals surface area (Å²) in [6, 6.07) is 0. The van der Waals surface area contributed by atoms with Gasteiger partial charge in [0.25, 0.3) is 0 Å². The van der Waals surface area contributed by atoms with Crippen LogP contribution in [0, 0.1) is 0 Å². The fourth-order valence-electron chi connectivity index (χ4n) is 0.652. The zero-order valence-electron chi connectivity index (χ0n) is 7.74. The Bertz CT molecular complexity index is 210. The van der Waals surface area contributed by atoms with E-state index in [-0.39, 0.29) is 51.5 Å². The van der Waals surface area contributed by atoms with Gasteiger partial charge < -0.3 is 9.84 Å². The molecule has 0 aliphatic rings. The van der Waals surface area contributed by atoms with Gasteiger partial charge in [0.05, 0.1) is 20.0 Å². The number of hydrogen-bond donors (Lipinski definition) is 1. The van der Waals surface area contributed by atoms with Gasteiger partial charge in [0.1, 0.15) is 0 Å². The van der Waals surface area contributed by atoms with Gasteiger partial charge in [-0.25, -0.2) is 0 Å². The number of methoxy groups -OCH3 is 1. The number of aliphatic carboxylic acids is 1. The van der Waals surface area contributed by atoms with Crippen LogP contribution in [0.1, 0.15) is 19.8 Å². The van der Waals surface area contributed by atoms with Crippen molar-refractivity contribution in [3.8, 4) is 0 Å². The summed E-state index contributed by atoms with van der Waals surface area (Å²) in [4.78, 5) is 20.8. The van der Waals surface area contributed by atoms with Crippen LogP contribution in [0.5, 0.6) is 0 Å². The monoisotopic (exact) mass is 261 g/mol. The van der Waals surface area contributed by atoms with Crippen LogP contribution in [0.15, 0.2) is 11.6 Å². The molecule has 1 N–H and O–H groups in total. The van der Waals surface area contributed by atoms with Crippen molar-refractivity contribution in [1.82, 2.24) is 0 Å². The third-order valence-corrected chi connectivity index (χ3v) is 1.27. The number of carbonyl (C=O) groups excluding carboxylic acids is 1. The van der Waals surface area contributed by atoms with Crippen LogP contribution in [0.2, 0.25) is 0 Å². The third kappa shape index (κ3) is 9.70. The number of esters is 1. The molecular weight excluding hydrogens is 249 g/mol. The predicted molar refractivity (Wildman–Crippen MR) is 42.6 cm³/mol. The molecule has 5 heteroatoms. The maximum Gasteiger partial charge on any atom is 0.309 e. The first-order chi connectivity index (χ1) is 5.56. The fraction of sp³-hybridized carbons (Fsp3) is 0.500. The molecule has 0 aliphatic heterocycles. The Kier molecular flexibility index (Phi) is 9.85. The van der Waals surface area contributed by atoms with Crippen molar-refractivity contribution in [2.24, 2.45) is 0 Å². The van der Waals surface area contributed by atoms with Crippen molar-refractivity contribution in [3.63, 3.8) is 0 Å². The Morgan fingerprint density at radius 1 is 1.46 bits per heavy atom. The van der Waals surface area contributed by atoms with Crippen LogP contribution in [-0.2, 0) is 47.0 Å². The maximum absolute atomic E-state index is 10.6. The smallest absolute Gasteiger partial charge is 0.309 e. The van der Waals surface area contributed by atoms with Gasteiger partial charge in [0, 0.05) is 32.7 Å². The summed E-state index contributed by atoms with van der Waals surface area (Å²) in [5.41, 5.74) is 0.660. The first kappa shape index (κ1) is 15.3. The SMILES string of the molecule is COC(=O)C/C=C(\C)CC(=O)O.[Y]. The second kappa shape index (κ2) is 8.39. The number of carboxylic acid groups (broad SMARTS) is 1. The van der Waals surface area contributed by atoms with E-state index in [0.717, 1.165) is 0 Å². The van der Waals surface area contributed by atoms with Gasteiger partial charge in [-0.3, -0.25) is 9.59 Å². The van der Waals surface area contributed by atoms with Crippen LogP contribution in [0.25, 0.3) is 0 Å². The van der Waals surface area contributed by atoms with Crippen LogP contribution in [0.4, 0.5) is 0 Å². The Morgan fingerprint density at radius 2 is 2.00 bits per heavy atom. The molecule has 13 heavy (non-hydrogen) atoms. The van der Waals surface area contributed by atoms with Crippen molar-refractivity contribution in [1.29, 1.82) is 0 Å². The summed E-state index contributed by atoms with van der Waals surface area (Å²) >= 11 is 0. The summed E-state index contributed by atoms with van der Waals surface area (Å²) < 4.78 is 4.37. The molecular formula is C8H12O4Y. The molecule has 0 aromatic carbocycles. The molecule has 0 heterocycles. The predicted octanol–water partition coefficient (Wildman–Crippen LogP) is 0.968. The molecule has 0 amide bonds. The van der Waals surface area contributed by atoms with Gasteiger partial charge in [-0.2, -0.15) is 0 Å². The molecule has 0 aromatic rings. The van der Waals surface area contributed by atoms with Gasteiger partial charge in [0.2, 0.25) is 0 Å². The Hall–Kier alpha value is -0.216. The van der Waals surface area contributed by atoms with Crippen molar-refractivity contribution in [3.05, 3.63) is 11.6 Å².